The number of anilines is 1. The van der Waals surface area contributed by atoms with Crippen molar-refractivity contribution < 1.29 is 9.18 Å². The Balaban J connectivity index is 1.81. The Morgan fingerprint density at radius 3 is 3.00 bits per heavy atom. The predicted octanol–water partition coefficient (Wildman–Crippen LogP) is 1.49. The summed E-state index contributed by atoms with van der Waals surface area (Å²) < 4.78 is 13.5. The van der Waals surface area contributed by atoms with Crippen LogP contribution in [-0.4, -0.2) is 22.4 Å². The van der Waals surface area contributed by atoms with Gasteiger partial charge in [0, 0.05) is 31.0 Å². The highest BCUT2D eigenvalue weighted by molar-refractivity contribution is 5.94. The van der Waals surface area contributed by atoms with Gasteiger partial charge in [0.2, 0.25) is 0 Å². The van der Waals surface area contributed by atoms with E-state index < -0.39 is 11.7 Å². The third-order valence-electron chi connectivity index (χ3n) is 2.67. The Kier molecular flexibility index (Phi) is 4.12. The van der Waals surface area contributed by atoms with Crippen LogP contribution < -0.4 is 11.1 Å². The topological polar surface area (TPSA) is 83.8 Å². The third-order valence-corrected chi connectivity index (χ3v) is 2.67. The number of amides is 1. The van der Waals surface area contributed by atoms with E-state index in [4.69, 9.17) is 5.73 Å². The zero-order chi connectivity index (χ0) is 13.7. The molecule has 0 saturated carbocycles. The van der Waals surface area contributed by atoms with E-state index in [0.717, 1.165) is 24.7 Å². The van der Waals surface area contributed by atoms with Crippen molar-refractivity contribution in [1.29, 1.82) is 0 Å². The zero-order valence-corrected chi connectivity index (χ0v) is 10.3. The Morgan fingerprint density at radius 1 is 1.47 bits per heavy atom. The van der Waals surface area contributed by atoms with Crippen molar-refractivity contribution in [3.8, 4) is 0 Å². The van der Waals surface area contributed by atoms with Crippen molar-refractivity contribution in [1.82, 2.24) is 15.3 Å². The van der Waals surface area contributed by atoms with Gasteiger partial charge in [-0.2, -0.15) is 0 Å². The molecule has 0 saturated heterocycles. The highest BCUT2D eigenvalue weighted by atomic mass is 19.1. The van der Waals surface area contributed by atoms with Crippen molar-refractivity contribution in [2.45, 2.75) is 12.8 Å². The van der Waals surface area contributed by atoms with Gasteiger partial charge in [-0.1, -0.05) is 0 Å². The number of nitrogens with two attached hydrogens (primary N) is 1. The van der Waals surface area contributed by atoms with E-state index in [1.807, 2.05) is 0 Å². The molecule has 0 fully saturated rings. The molecule has 4 N–H and O–H groups in total. The summed E-state index contributed by atoms with van der Waals surface area (Å²) in [6.07, 6.45) is 4.89. The lowest BCUT2D eigenvalue weighted by atomic mass is 10.2. The standard InChI is InChI=1S/C13H15FN4O/c14-11-8-9(15)3-4-10(11)13(19)18-5-1-2-12-16-6-7-17-12/h3-4,6-8H,1-2,5,15H2,(H,16,17)(H,18,19). The number of hydrogen-bond donors (Lipinski definition) is 3. The Bertz CT molecular complexity index is 554. The lowest BCUT2D eigenvalue weighted by molar-refractivity contribution is 0.0949. The SMILES string of the molecule is Nc1ccc(C(=O)NCCCc2ncc[nH]2)c(F)c1. The highest BCUT2D eigenvalue weighted by Crippen LogP contribution is 2.11. The quantitative estimate of drug-likeness (QED) is 0.564. The number of aryl methyl sites for hydroxylation is 1. The molecular weight excluding hydrogens is 247 g/mol. The lowest BCUT2D eigenvalue weighted by Gasteiger charge is -2.06. The average molecular weight is 262 g/mol. The number of rotatable bonds is 5. The lowest BCUT2D eigenvalue weighted by Crippen LogP contribution is -2.25. The van der Waals surface area contributed by atoms with Gasteiger partial charge in [0.25, 0.3) is 5.91 Å². The zero-order valence-electron chi connectivity index (χ0n) is 10.3. The fraction of sp³-hybridized carbons (Fsp3) is 0.231. The number of carbonyl (C=O) groups excluding carboxylic acids is 1. The minimum atomic E-state index is -0.608. The van der Waals surface area contributed by atoms with E-state index in [-0.39, 0.29) is 5.56 Å². The number of nitrogen functional groups attached to an aromatic ring is 1. The molecule has 2 rings (SSSR count). The maximum absolute atomic E-state index is 13.5. The van der Waals surface area contributed by atoms with Crippen LogP contribution in [0.2, 0.25) is 0 Å². The van der Waals surface area contributed by atoms with Crippen LogP contribution in [0.4, 0.5) is 10.1 Å². The fourth-order valence-electron chi connectivity index (χ4n) is 1.70. The molecule has 1 heterocycles. The van der Waals surface area contributed by atoms with Crippen molar-refractivity contribution in [3.63, 3.8) is 0 Å². The Labute approximate surface area is 110 Å². The molecule has 0 aliphatic rings. The maximum atomic E-state index is 13.5. The molecule has 0 unspecified atom stereocenters. The summed E-state index contributed by atoms with van der Waals surface area (Å²) in [6, 6.07) is 4.02. The van der Waals surface area contributed by atoms with Gasteiger partial charge < -0.3 is 16.0 Å². The number of aromatic amines is 1. The molecule has 0 bridgehead atoms. The van der Waals surface area contributed by atoms with Gasteiger partial charge in [-0.15, -0.1) is 0 Å². The largest absolute Gasteiger partial charge is 0.399 e. The number of H-pyrrole nitrogens is 1. The van der Waals surface area contributed by atoms with Crippen LogP contribution in [0.3, 0.4) is 0 Å². The monoisotopic (exact) mass is 262 g/mol. The van der Waals surface area contributed by atoms with E-state index in [2.05, 4.69) is 15.3 Å². The van der Waals surface area contributed by atoms with Crippen LogP contribution in [0, 0.1) is 5.82 Å². The number of imidazole rings is 1. The van der Waals surface area contributed by atoms with Crippen molar-refractivity contribution in [2.24, 2.45) is 0 Å². The fourth-order valence-corrected chi connectivity index (χ4v) is 1.70. The van der Waals surface area contributed by atoms with Gasteiger partial charge in [0.15, 0.2) is 0 Å². The summed E-state index contributed by atoms with van der Waals surface area (Å²) in [6.45, 7) is 0.462. The van der Waals surface area contributed by atoms with Crippen molar-refractivity contribution in [3.05, 3.63) is 47.8 Å². The molecule has 5 nitrogen and oxygen atoms in total. The van der Waals surface area contributed by atoms with Gasteiger partial charge in [-0.3, -0.25) is 4.79 Å². The Hall–Kier alpha value is -2.37. The third kappa shape index (κ3) is 3.54. The maximum Gasteiger partial charge on any atom is 0.254 e. The number of benzene rings is 1. The van der Waals surface area contributed by atoms with Crippen LogP contribution in [0.5, 0.6) is 0 Å². The number of nitrogens with zero attached hydrogens (tertiary/aromatic N) is 1. The normalized spacial score (nSPS) is 10.4. The van der Waals surface area contributed by atoms with Gasteiger partial charge in [0.05, 0.1) is 5.56 Å². The van der Waals surface area contributed by atoms with E-state index in [9.17, 15) is 9.18 Å². The molecule has 100 valence electrons. The first-order valence-corrected chi connectivity index (χ1v) is 5.98. The van der Waals surface area contributed by atoms with E-state index in [0.29, 0.717) is 12.2 Å². The molecule has 0 aliphatic heterocycles. The number of hydrogen-bond acceptors (Lipinski definition) is 3. The van der Waals surface area contributed by atoms with Crippen molar-refractivity contribution in [2.75, 3.05) is 12.3 Å². The van der Waals surface area contributed by atoms with Gasteiger partial charge in [-0.05, 0) is 24.6 Å². The molecule has 19 heavy (non-hydrogen) atoms. The minimum Gasteiger partial charge on any atom is -0.399 e. The number of nitrogens with one attached hydrogen (secondary N) is 2. The number of carbonyl (C=O) groups is 1. The first-order chi connectivity index (χ1) is 9.16. The van der Waals surface area contributed by atoms with Crippen LogP contribution >= 0.6 is 0 Å². The number of halogens is 1. The molecule has 0 radical (unpaired) electrons. The van der Waals surface area contributed by atoms with E-state index in [1.165, 1.54) is 12.1 Å². The Morgan fingerprint density at radius 2 is 2.32 bits per heavy atom. The smallest absolute Gasteiger partial charge is 0.254 e. The first kappa shape index (κ1) is 13.1. The molecule has 2 aromatic rings. The second kappa shape index (κ2) is 5.99. The molecular formula is C13H15FN4O. The molecule has 1 aromatic heterocycles. The molecule has 1 aromatic carbocycles. The molecule has 0 atom stereocenters. The van der Waals surface area contributed by atoms with Gasteiger partial charge in [0.1, 0.15) is 11.6 Å². The average Bonchev–Trinajstić information content (AvgIpc) is 2.87. The summed E-state index contributed by atoms with van der Waals surface area (Å²) in [5.74, 6) is -0.173. The number of aromatic nitrogens is 2. The summed E-state index contributed by atoms with van der Waals surface area (Å²) in [5.41, 5.74) is 5.73. The van der Waals surface area contributed by atoms with E-state index >= 15 is 0 Å². The molecule has 6 heteroatoms. The first-order valence-electron chi connectivity index (χ1n) is 5.98. The van der Waals surface area contributed by atoms with Gasteiger partial charge >= 0.3 is 0 Å². The summed E-state index contributed by atoms with van der Waals surface area (Å²) in [4.78, 5) is 18.8. The van der Waals surface area contributed by atoms with Crippen molar-refractivity contribution >= 4 is 11.6 Å². The summed E-state index contributed by atoms with van der Waals surface area (Å²) in [5, 5.41) is 2.66. The van der Waals surface area contributed by atoms with Crippen LogP contribution in [0.15, 0.2) is 30.6 Å². The van der Waals surface area contributed by atoms with Crippen LogP contribution in [0.25, 0.3) is 0 Å². The molecule has 0 aliphatic carbocycles. The summed E-state index contributed by atoms with van der Waals surface area (Å²) in [7, 11) is 0. The second-order valence-electron chi connectivity index (χ2n) is 4.13. The van der Waals surface area contributed by atoms with Gasteiger partial charge in [-0.25, -0.2) is 9.37 Å². The van der Waals surface area contributed by atoms with Crippen LogP contribution in [0.1, 0.15) is 22.6 Å². The minimum absolute atomic E-state index is 0.00667. The predicted molar refractivity (Wildman–Crippen MR) is 70.1 cm³/mol. The van der Waals surface area contributed by atoms with E-state index in [1.54, 1.807) is 12.4 Å². The van der Waals surface area contributed by atoms with Crippen LogP contribution in [-0.2, 0) is 6.42 Å². The second-order valence-corrected chi connectivity index (χ2v) is 4.13. The molecule has 1 amide bonds. The summed E-state index contributed by atoms with van der Waals surface area (Å²) >= 11 is 0. The molecule has 0 spiro atoms. The highest BCUT2D eigenvalue weighted by Gasteiger charge is 2.10.